The summed E-state index contributed by atoms with van der Waals surface area (Å²) in [6.07, 6.45) is 1.64. The molecule has 0 atom stereocenters. The smallest absolute Gasteiger partial charge is 0.410 e. The van der Waals surface area contributed by atoms with Crippen LogP contribution < -0.4 is 5.19 Å². The molecule has 0 aromatic heterocycles. The van der Waals surface area contributed by atoms with Crippen molar-refractivity contribution in [2.75, 3.05) is 13.1 Å². The normalized spacial score (nSPS) is 12.7. The van der Waals surface area contributed by atoms with Crippen molar-refractivity contribution in [1.82, 2.24) is 4.90 Å². The van der Waals surface area contributed by atoms with Gasteiger partial charge in [-0.1, -0.05) is 59.9 Å². The van der Waals surface area contributed by atoms with Crippen LogP contribution in [0.1, 0.15) is 34.6 Å². The van der Waals surface area contributed by atoms with E-state index < -0.39 is 19.8 Å². The first-order valence-corrected chi connectivity index (χ1v) is 11.7. The minimum atomic E-state index is -1.93. The number of ketones is 1. The van der Waals surface area contributed by atoms with Crippen molar-refractivity contribution in [3.8, 4) is 0 Å². The molecule has 4 nitrogen and oxygen atoms in total. The van der Waals surface area contributed by atoms with Gasteiger partial charge in [0.25, 0.3) is 0 Å². The summed E-state index contributed by atoms with van der Waals surface area (Å²) in [6.45, 7) is 14.0. The quantitative estimate of drug-likeness (QED) is 0.722. The molecule has 0 unspecified atom stereocenters. The highest BCUT2D eigenvalue weighted by Gasteiger charge is 2.31. The zero-order valence-electron chi connectivity index (χ0n) is 16.6. The number of nitrogens with zero attached hydrogens (tertiary/aromatic N) is 1. The Bertz CT molecular complexity index is 630. The first-order chi connectivity index (χ1) is 11.5. The molecule has 5 heteroatoms. The molecule has 0 saturated carbocycles. The van der Waals surface area contributed by atoms with Crippen LogP contribution in [0.3, 0.4) is 0 Å². The Morgan fingerprint density at radius 2 is 1.68 bits per heavy atom. The Labute approximate surface area is 152 Å². The largest absolute Gasteiger partial charge is 0.444 e. The molecule has 0 bridgehead atoms. The maximum absolute atomic E-state index is 12.5. The van der Waals surface area contributed by atoms with E-state index in [1.165, 1.54) is 22.2 Å². The number of carbonyl (C=O) groups excluding carboxylic acids is 2. The van der Waals surface area contributed by atoms with Crippen LogP contribution in [-0.4, -0.2) is 43.5 Å². The number of hydrogen-bond donors (Lipinski definition) is 0. The Balaban J connectivity index is 3.07. The number of carbonyl (C=O) groups is 2. The van der Waals surface area contributed by atoms with E-state index >= 15 is 0 Å². The van der Waals surface area contributed by atoms with Crippen molar-refractivity contribution in [2.24, 2.45) is 0 Å². The van der Waals surface area contributed by atoms with Crippen molar-refractivity contribution in [1.29, 1.82) is 0 Å². The van der Waals surface area contributed by atoms with Gasteiger partial charge in [-0.05, 0) is 34.6 Å². The summed E-state index contributed by atoms with van der Waals surface area (Å²) in [6, 6.07) is 10.4. The number of rotatable bonds is 6. The predicted octanol–water partition coefficient (Wildman–Crippen LogP) is 3.91. The van der Waals surface area contributed by atoms with Crippen LogP contribution in [0.25, 0.3) is 0 Å². The van der Waals surface area contributed by atoms with Gasteiger partial charge in [-0.3, -0.25) is 9.69 Å². The lowest BCUT2D eigenvalue weighted by molar-refractivity contribution is -0.118. The molecule has 0 saturated heterocycles. The molecule has 0 N–H and O–H groups in total. The first-order valence-electron chi connectivity index (χ1n) is 8.66. The van der Waals surface area contributed by atoms with E-state index in [-0.39, 0.29) is 12.3 Å². The molecule has 25 heavy (non-hydrogen) atoms. The maximum Gasteiger partial charge on any atom is 0.410 e. The Hall–Kier alpha value is -1.88. The number of allylic oxidation sites excluding steroid dienone is 1. The molecule has 138 valence electrons. The van der Waals surface area contributed by atoms with Gasteiger partial charge in [-0.15, -0.1) is 0 Å². The van der Waals surface area contributed by atoms with Crippen LogP contribution in [0.5, 0.6) is 0 Å². The van der Waals surface area contributed by atoms with Gasteiger partial charge >= 0.3 is 6.09 Å². The summed E-state index contributed by atoms with van der Waals surface area (Å²) in [4.78, 5) is 25.7. The fourth-order valence-electron chi connectivity index (χ4n) is 2.68. The average molecular weight is 362 g/mol. The highest BCUT2D eigenvalue weighted by atomic mass is 28.3. The highest BCUT2D eigenvalue weighted by Crippen LogP contribution is 2.18. The molecule has 0 fully saturated rings. The van der Waals surface area contributed by atoms with E-state index in [1.807, 2.05) is 45.9 Å². The van der Waals surface area contributed by atoms with Gasteiger partial charge in [0.15, 0.2) is 0 Å². The lowest BCUT2D eigenvalue weighted by atomic mass is 10.2. The molecule has 0 radical (unpaired) electrons. The van der Waals surface area contributed by atoms with Crippen LogP contribution in [0, 0.1) is 0 Å². The average Bonchev–Trinajstić information content (AvgIpc) is 2.49. The van der Waals surface area contributed by atoms with Crippen LogP contribution in [-0.2, 0) is 9.53 Å². The van der Waals surface area contributed by atoms with Gasteiger partial charge in [0, 0.05) is 6.54 Å². The van der Waals surface area contributed by atoms with E-state index in [0.29, 0.717) is 6.54 Å². The molecule has 1 rings (SSSR count). The first kappa shape index (κ1) is 21.2. The standard InChI is InChI=1S/C20H31NO3Si/c1-8-17(25(6,7)18-12-10-9-11-13-18)15-21(14-16(2)22)19(23)24-20(3,4)5/h8-13H,14-15H2,1-7H3/b17-8-. The predicted molar refractivity (Wildman–Crippen MR) is 106 cm³/mol. The number of hydrogen-bond acceptors (Lipinski definition) is 3. The zero-order valence-corrected chi connectivity index (χ0v) is 17.6. The molecule has 0 spiro atoms. The third kappa shape index (κ3) is 6.50. The number of amides is 1. The summed E-state index contributed by atoms with van der Waals surface area (Å²) in [5, 5.41) is 2.50. The summed E-state index contributed by atoms with van der Waals surface area (Å²) < 4.78 is 5.49. The monoisotopic (exact) mass is 361 g/mol. The summed E-state index contributed by atoms with van der Waals surface area (Å²) >= 11 is 0. The second kappa shape index (κ2) is 8.47. The topological polar surface area (TPSA) is 46.6 Å². The van der Waals surface area contributed by atoms with Gasteiger partial charge in [-0.2, -0.15) is 0 Å². The molecule has 1 amide bonds. The van der Waals surface area contributed by atoms with Crippen LogP contribution in [0.15, 0.2) is 41.6 Å². The third-order valence-corrected chi connectivity index (χ3v) is 7.90. The van der Waals surface area contributed by atoms with Gasteiger partial charge in [0.1, 0.15) is 19.5 Å². The maximum atomic E-state index is 12.5. The molecule has 1 aromatic carbocycles. The van der Waals surface area contributed by atoms with Crippen LogP contribution in [0.4, 0.5) is 4.79 Å². The second-order valence-corrected chi connectivity index (χ2v) is 12.3. The van der Waals surface area contributed by atoms with Crippen molar-refractivity contribution in [3.05, 3.63) is 41.6 Å². The molecule has 0 heterocycles. The van der Waals surface area contributed by atoms with Crippen molar-refractivity contribution < 1.29 is 14.3 Å². The lowest BCUT2D eigenvalue weighted by Gasteiger charge is -2.32. The third-order valence-electron chi connectivity index (χ3n) is 4.07. The van der Waals surface area contributed by atoms with Gasteiger partial charge in [-0.25, -0.2) is 4.79 Å². The fraction of sp³-hybridized carbons (Fsp3) is 0.500. The summed E-state index contributed by atoms with van der Waals surface area (Å²) in [7, 11) is -1.93. The highest BCUT2D eigenvalue weighted by molar-refractivity contribution is 6.95. The minimum absolute atomic E-state index is 0.0551. The molecule has 0 aliphatic heterocycles. The van der Waals surface area contributed by atoms with E-state index in [9.17, 15) is 9.59 Å². The molecular formula is C20H31NO3Si. The van der Waals surface area contributed by atoms with Crippen molar-refractivity contribution in [3.63, 3.8) is 0 Å². The number of ether oxygens (including phenoxy) is 1. The van der Waals surface area contributed by atoms with E-state index in [0.717, 1.165) is 0 Å². The Kier molecular flexibility index (Phi) is 7.17. The zero-order chi connectivity index (χ0) is 19.3. The summed E-state index contributed by atoms with van der Waals surface area (Å²) in [5.41, 5.74) is -0.589. The number of benzene rings is 1. The van der Waals surface area contributed by atoms with E-state index in [4.69, 9.17) is 4.74 Å². The number of Topliss-reactive ketones (excluding diaryl/α,β-unsaturated/α-hetero) is 1. The Morgan fingerprint density at radius 3 is 2.12 bits per heavy atom. The van der Waals surface area contributed by atoms with E-state index in [1.54, 1.807) is 0 Å². The SMILES string of the molecule is C/C=C(/CN(CC(C)=O)C(=O)OC(C)(C)C)[Si](C)(C)c1ccccc1. The Morgan fingerprint density at radius 1 is 1.12 bits per heavy atom. The second-order valence-electron chi connectivity index (χ2n) is 7.84. The summed E-state index contributed by atoms with van der Waals surface area (Å²) in [5.74, 6) is -0.0551. The molecular weight excluding hydrogens is 330 g/mol. The molecule has 0 aliphatic carbocycles. The fourth-order valence-corrected chi connectivity index (χ4v) is 5.38. The van der Waals surface area contributed by atoms with Crippen LogP contribution in [0.2, 0.25) is 13.1 Å². The lowest BCUT2D eigenvalue weighted by Crippen LogP contribution is -2.49. The molecule has 0 aliphatic rings. The molecule has 1 aromatic rings. The van der Waals surface area contributed by atoms with E-state index in [2.05, 4.69) is 31.3 Å². The van der Waals surface area contributed by atoms with Crippen molar-refractivity contribution >= 4 is 25.1 Å². The van der Waals surface area contributed by atoms with Gasteiger partial charge in [0.2, 0.25) is 0 Å². The van der Waals surface area contributed by atoms with Crippen molar-refractivity contribution in [2.45, 2.75) is 53.3 Å². The van der Waals surface area contributed by atoms with Crippen LogP contribution >= 0.6 is 0 Å². The van der Waals surface area contributed by atoms with Gasteiger partial charge in [0.05, 0.1) is 6.54 Å². The van der Waals surface area contributed by atoms with Gasteiger partial charge < -0.3 is 4.74 Å². The minimum Gasteiger partial charge on any atom is -0.444 e.